The van der Waals surface area contributed by atoms with Gasteiger partial charge in [-0.2, -0.15) is 5.10 Å². The summed E-state index contributed by atoms with van der Waals surface area (Å²) in [5.74, 6) is 0. The third-order valence-electron chi connectivity index (χ3n) is 7.96. The average molecular weight is 514 g/mol. The van der Waals surface area contributed by atoms with Crippen LogP contribution in [-0.4, -0.2) is 47.8 Å². The van der Waals surface area contributed by atoms with Gasteiger partial charge in [-0.3, -0.25) is 4.79 Å². The molecule has 4 aromatic rings. The molecular weight excluding hydrogens is 478 g/mol. The van der Waals surface area contributed by atoms with E-state index in [2.05, 4.69) is 23.2 Å². The lowest BCUT2D eigenvalue weighted by Crippen LogP contribution is -2.50. The molecule has 2 aliphatic rings. The van der Waals surface area contributed by atoms with Gasteiger partial charge in [-0.1, -0.05) is 0 Å². The number of fused-ring (bicyclic) bond motifs is 2. The number of rotatable bonds is 2. The Morgan fingerprint density at radius 2 is 1.87 bits per heavy atom. The van der Waals surface area contributed by atoms with Crippen LogP contribution < -0.4 is 5.56 Å². The van der Waals surface area contributed by atoms with Crippen molar-refractivity contribution in [3.63, 3.8) is 0 Å². The molecule has 1 saturated heterocycles. The quantitative estimate of drug-likeness (QED) is 0.341. The van der Waals surface area contributed by atoms with E-state index in [-0.39, 0.29) is 23.2 Å². The second-order valence-electron chi connectivity index (χ2n) is 12.2. The third kappa shape index (κ3) is 4.16. The van der Waals surface area contributed by atoms with Gasteiger partial charge in [0.2, 0.25) is 0 Å². The zero-order chi connectivity index (χ0) is 27.0. The maximum absolute atomic E-state index is 13.8. The number of amides is 1. The largest absolute Gasteiger partial charge is 0.444 e. The summed E-state index contributed by atoms with van der Waals surface area (Å²) in [6.07, 6.45) is 7.05. The zero-order valence-electron chi connectivity index (χ0n) is 23.0. The fourth-order valence-electron chi connectivity index (χ4n) is 6.04. The van der Waals surface area contributed by atoms with Gasteiger partial charge in [0.25, 0.3) is 5.56 Å². The molecule has 38 heavy (non-hydrogen) atoms. The lowest BCUT2D eigenvalue weighted by Gasteiger charge is -2.41. The smallest absolute Gasteiger partial charge is 0.410 e. The van der Waals surface area contributed by atoms with Crippen molar-refractivity contribution in [3.8, 4) is 11.3 Å². The van der Waals surface area contributed by atoms with Crippen LogP contribution >= 0.6 is 0 Å². The van der Waals surface area contributed by atoms with E-state index in [1.54, 1.807) is 0 Å². The predicted molar refractivity (Wildman–Crippen MR) is 148 cm³/mol. The molecule has 8 nitrogen and oxygen atoms in total. The molecule has 0 bridgehead atoms. The molecule has 1 aliphatic heterocycles. The van der Waals surface area contributed by atoms with Gasteiger partial charge in [0.1, 0.15) is 5.60 Å². The number of pyridine rings is 1. The van der Waals surface area contributed by atoms with Crippen LogP contribution in [0.2, 0.25) is 0 Å². The van der Waals surface area contributed by atoms with Crippen LogP contribution in [0.1, 0.15) is 69.3 Å². The molecule has 3 aromatic heterocycles. The summed E-state index contributed by atoms with van der Waals surface area (Å²) in [6.45, 7) is 12.3. The van der Waals surface area contributed by atoms with Crippen LogP contribution in [0.25, 0.3) is 27.7 Å². The standard InChI is InChI=1S/C30H35N5O3/c1-18-13-22(24-14-19(2)26-31-20(3)17-35(26)32-24)15-21-7-11-33(27(36)25(18)21)23-8-12-34(30(16-23)9-10-30)28(37)38-29(4,5)6/h7,11,13-15,17,23H,8-10,12,16H2,1-6H3. The van der Waals surface area contributed by atoms with Crippen LogP contribution in [0.4, 0.5) is 4.79 Å². The minimum atomic E-state index is -0.520. The number of aryl methyl sites for hydroxylation is 3. The molecule has 1 atom stereocenters. The van der Waals surface area contributed by atoms with Gasteiger partial charge < -0.3 is 14.2 Å². The highest BCUT2D eigenvalue weighted by molar-refractivity contribution is 5.89. The molecule has 6 rings (SSSR count). The predicted octanol–water partition coefficient (Wildman–Crippen LogP) is 5.74. The van der Waals surface area contributed by atoms with Gasteiger partial charge in [0.05, 0.1) is 23.0 Å². The Labute approximate surface area is 222 Å². The van der Waals surface area contributed by atoms with Gasteiger partial charge in [-0.15, -0.1) is 0 Å². The van der Waals surface area contributed by atoms with E-state index in [4.69, 9.17) is 9.84 Å². The molecule has 1 saturated carbocycles. The summed E-state index contributed by atoms with van der Waals surface area (Å²) in [7, 11) is 0. The lowest BCUT2D eigenvalue weighted by molar-refractivity contribution is 0.000498. The summed E-state index contributed by atoms with van der Waals surface area (Å²) < 4.78 is 9.40. The fourth-order valence-corrected chi connectivity index (χ4v) is 6.04. The topological polar surface area (TPSA) is 81.7 Å². The van der Waals surface area contributed by atoms with E-state index in [1.807, 2.05) is 74.0 Å². The number of imidazole rings is 1. The Morgan fingerprint density at radius 3 is 2.58 bits per heavy atom. The lowest BCUT2D eigenvalue weighted by atomic mass is 9.94. The van der Waals surface area contributed by atoms with Crippen LogP contribution in [0.3, 0.4) is 0 Å². The van der Waals surface area contributed by atoms with E-state index >= 15 is 0 Å². The number of piperidine rings is 1. The van der Waals surface area contributed by atoms with Crippen molar-refractivity contribution in [2.24, 2.45) is 0 Å². The molecule has 0 N–H and O–H groups in total. The maximum atomic E-state index is 13.8. The first kappa shape index (κ1) is 24.6. The molecule has 1 aromatic carbocycles. The number of carbonyl (C=O) groups is 1. The van der Waals surface area contributed by atoms with Crippen molar-refractivity contribution in [3.05, 3.63) is 63.8 Å². The Bertz CT molecular complexity index is 1650. The SMILES string of the molecule is Cc1cn2nc(-c3cc(C)c4c(=O)n(C5CCN(C(=O)OC(C)(C)C)C6(CC6)C5)ccc4c3)cc(C)c2n1. The van der Waals surface area contributed by atoms with E-state index in [0.29, 0.717) is 6.54 Å². The number of ether oxygens (including phenoxy) is 1. The first-order valence-corrected chi connectivity index (χ1v) is 13.4. The van der Waals surface area contributed by atoms with Gasteiger partial charge in [0.15, 0.2) is 5.65 Å². The van der Waals surface area contributed by atoms with Crippen molar-refractivity contribution in [2.45, 2.75) is 84.4 Å². The fraction of sp³-hybridized carbons (Fsp3) is 0.467. The second kappa shape index (κ2) is 8.41. The summed E-state index contributed by atoms with van der Waals surface area (Å²) >= 11 is 0. The molecule has 198 valence electrons. The highest BCUT2D eigenvalue weighted by atomic mass is 16.6. The minimum absolute atomic E-state index is 0.0305. The number of hydrogen-bond acceptors (Lipinski definition) is 5. The van der Waals surface area contributed by atoms with Gasteiger partial charge in [0, 0.05) is 29.9 Å². The van der Waals surface area contributed by atoms with Crippen LogP contribution in [0, 0.1) is 20.8 Å². The van der Waals surface area contributed by atoms with E-state index in [9.17, 15) is 9.59 Å². The number of likely N-dealkylation sites (tertiary alicyclic amines) is 1. The molecule has 1 amide bonds. The Balaban J connectivity index is 1.32. The van der Waals surface area contributed by atoms with Crippen molar-refractivity contribution in [1.82, 2.24) is 24.1 Å². The summed E-state index contributed by atoms with van der Waals surface area (Å²) in [5, 5.41) is 6.44. The highest BCUT2D eigenvalue weighted by Crippen LogP contribution is 2.51. The van der Waals surface area contributed by atoms with E-state index in [0.717, 1.165) is 70.2 Å². The first-order chi connectivity index (χ1) is 17.9. The molecule has 0 radical (unpaired) electrons. The Hall–Kier alpha value is -3.68. The summed E-state index contributed by atoms with van der Waals surface area (Å²) in [4.78, 5) is 33.1. The minimum Gasteiger partial charge on any atom is -0.444 e. The maximum Gasteiger partial charge on any atom is 0.410 e. The highest BCUT2D eigenvalue weighted by Gasteiger charge is 2.54. The zero-order valence-corrected chi connectivity index (χ0v) is 23.0. The van der Waals surface area contributed by atoms with Gasteiger partial charge in [-0.25, -0.2) is 14.3 Å². The Kier molecular flexibility index (Phi) is 5.46. The number of hydrogen-bond donors (Lipinski definition) is 0. The van der Waals surface area contributed by atoms with Gasteiger partial charge in [-0.05, 0) is 108 Å². The second-order valence-corrected chi connectivity index (χ2v) is 12.2. The molecule has 2 fully saturated rings. The summed E-state index contributed by atoms with van der Waals surface area (Å²) in [5.41, 5.74) is 4.93. The molecule has 8 heteroatoms. The molecule has 1 aliphatic carbocycles. The third-order valence-corrected chi connectivity index (χ3v) is 7.96. The monoisotopic (exact) mass is 513 g/mol. The van der Waals surface area contributed by atoms with Crippen molar-refractivity contribution < 1.29 is 9.53 Å². The molecule has 4 heterocycles. The Morgan fingerprint density at radius 1 is 1.11 bits per heavy atom. The molecule has 1 unspecified atom stereocenters. The van der Waals surface area contributed by atoms with E-state index in [1.165, 1.54) is 0 Å². The number of nitrogens with zero attached hydrogens (tertiary/aromatic N) is 5. The average Bonchev–Trinajstić information content (AvgIpc) is 3.46. The van der Waals surface area contributed by atoms with Crippen molar-refractivity contribution in [2.75, 3.05) is 6.54 Å². The molecular formula is C30H35N5O3. The van der Waals surface area contributed by atoms with Crippen molar-refractivity contribution >= 4 is 22.5 Å². The van der Waals surface area contributed by atoms with Crippen LogP contribution in [0.15, 0.2) is 41.5 Å². The van der Waals surface area contributed by atoms with Crippen LogP contribution in [0.5, 0.6) is 0 Å². The van der Waals surface area contributed by atoms with Gasteiger partial charge >= 0.3 is 6.09 Å². The normalized spacial score (nSPS) is 18.9. The number of aromatic nitrogens is 4. The summed E-state index contributed by atoms with van der Waals surface area (Å²) in [6, 6.07) is 8.26. The van der Waals surface area contributed by atoms with Crippen molar-refractivity contribution in [1.29, 1.82) is 0 Å². The number of benzene rings is 1. The molecule has 1 spiro atoms. The van der Waals surface area contributed by atoms with Crippen LogP contribution in [-0.2, 0) is 4.74 Å². The first-order valence-electron chi connectivity index (χ1n) is 13.4. The number of carbonyl (C=O) groups excluding carboxylic acids is 1. The van der Waals surface area contributed by atoms with E-state index < -0.39 is 5.60 Å².